The predicted octanol–water partition coefficient (Wildman–Crippen LogP) is 1.55. The summed E-state index contributed by atoms with van der Waals surface area (Å²) in [4.78, 5) is 16.6. The molecular formula is C15H31N3O. The Kier molecular flexibility index (Phi) is 7.39. The molecule has 0 aromatic carbocycles. The molecule has 1 fully saturated rings. The van der Waals surface area contributed by atoms with Gasteiger partial charge in [-0.15, -0.1) is 0 Å². The molecular weight excluding hydrogens is 238 g/mol. The zero-order valence-corrected chi connectivity index (χ0v) is 12.9. The summed E-state index contributed by atoms with van der Waals surface area (Å²) in [5.74, 6) is 1.54. The Hall–Kier alpha value is -0.610. The van der Waals surface area contributed by atoms with Gasteiger partial charge >= 0.3 is 0 Å². The Morgan fingerprint density at radius 2 is 1.79 bits per heavy atom. The summed E-state index contributed by atoms with van der Waals surface area (Å²) in [5.41, 5.74) is 5.65. The van der Waals surface area contributed by atoms with Crippen LogP contribution in [0.2, 0.25) is 0 Å². The second-order valence-corrected chi connectivity index (χ2v) is 5.94. The molecule has 4 heteroatoms. The lowest BCUT2D eigenvalue weighted by Crippen LogP contribution is -2.48. The first-order valence-corrected chi connectivity index (χ1v) is 7.78. The molecule has 19 heavy (non-hydrogen) atoms. The van der Waals surface area contributed by atoms with E-state index in [9.17, 15) is 4.79 Å². The summed E-state index contributed by atoms with van der Waals surface area (Å²) in [6.07, 6.45) is 2.71. The minimum Gasteiger partial charge on any atom is -0.340 e. The molecule has 112 valence electrons. The molecule has 1 atom stereocenters. The SMILES string of the molecule is CCN1CCN(C(=O)CCC(CCN)C(C)C)CC1. The van der Waals surface area contributed by atoms with Crippen molar-refractivity contribution in [3.8, 4) is 0 Å². The fraction of sp³-hybridized carbons (Fsp3) is 0.933. The fourth-order valence-corrected chi connectivity index (χ4v) is 2.81. The maximum absolute atomic E-state index is 12.2. The highest BCUT2D eigenvalue weighted by atomic mass is 16.2. The fourth-order valence-electron chi connectivity index (χ4n) is 2.81. The lowest BCUT2D eigenvalue weighted by molar-refractivity contribution is -0.133. The highest BCUT2D eigenvalue weighted by Crippen LogP contribution is 2.21. The van der Waals surface area contributed by atoms with E-state index in [1.54, 1.807) is 0 Å². The van der Waals surface area contributed by atoms with Gasteiger partial charge in [-0.2, -0.15) is 0 Å². The number of nitrogens with two attached hydrogens (primary N) is 1. The molecule has 1 heterocycles. The number of hydrogen-bond acceptors (Lipinski definition) is 3. The lowest BCUT2D eigenvalue weighted by Gasteiger charge is -2.34. The van der Waals surface area contributed by atoms with E-state index in [0.717, 1.165) is 52.1 Å². The Morgan fingerprint density at radius 3 is 2.26 bits per heavy atom. The van der Waals surface area contributed by atoms with Gasteiger partial charge in [0.05, 0.1) is 0 Å². The number of hydrogen-bond donors (Lipinski definition) is 1. The number of amides is 1. The summed E-state index contributed by atoms with van der Waals surface area (Å²) in [6.45, 7) is 12.3. The first-order chi connectivity index (χ1) is 9.08. The largest absolute Gasteiger partial charge is 0.340 e. The molecule has 1 saturated heterocycles. The van der Waals surface area contributed by atoms with Gasteiger partial charge in [0.2, 0.25) is 5.91 Å². The smallest absolute Gasteiger partial charge is 0.222 e. The summed E-state index contributed by atoms with van der Waals surface area (Å²) in [5, 5.41) is 0. The third-order valence-corrected chi connectivity index (χ3v) is 4.38. The quantitative estimate of drug-likeness (QED) is 0.763. The maximum Gasteiger partial charge on any atom is 0.222 e. The highest BCUT2D eigenvalue weighted by molar-refractivity contribution is 5.76. The van der Waals surface area contributed by atoms with Crippen molar-refractivity contribution in [1.29, 1.82) is 0 Å². The molecule has 0 saturated carbocycles. The number of rotatable bonds is 7. The number of nitrogens with zero attached hydrogens (tertiary/aromatic N) is 2. The average Bonchev–Trinajstić information content (AvgIpc) is 2.42. The first-order valence-electron chi connectivity index (χ1n) is 7.78. The molecule has 1 amide bonds. The Morgan fingerprint density at radius 1 is 1.16 bits per heavy atom. The van der Waals surface area contributed by atoms with Gasteiger partial charge in [-0.25, -0.2) is 0 Å². The minimum absolute atomic E-state index is 0.332. The van der Waals surface area contributed by atoms with Crippen LogP contribution in [0.4, 0.5) is 0 Å². The van der Waals surface area contributed by atoms with Crippen LogP contribution in [0.25, 0.3) is 0 Å². The molecule has 0 radical (unpaired) electrons. The number of carbonyl (C=O) groups is 1. The highest BCUT2D eigenvalue weighted by Gasteiger charge is 2.21. The van der Waals surface area contributed by atoms with Crippen LogP contribution < -0.4 is 5.73 Å². The number of carbonyl (C=O) groups excluding carboxylic acids is 1. The van der Waals surface area contributed by atoms with Gasteiger partial charge in [-0.1, -0.05) is 20.8 Å². The average molecular weight is 269 g/mol. The molecule has 0 aromatic heterocycles. The van der Waals surface area contributed by atoms with Crippen molar-refractivity contribution in [2.24, 2.45) is 17.6 Å². The van der Waals surface area contributed by atoms with E-state index < -0.39 is 0 Å². The minimum atomic E-state index is 0.332. The first kappa shape index (κ1) is 16.4. The van der Waals surface area contributed by atoms with E-state index in [-0.39, 0.29) is 0 Å². The normalized spacial score (nSPS) is 18.9. The Bertz CT molecular complexity index is 260. The van der Waals surface area contributed by atoms with E-state index in [4.69, 9.17) is 5.73 Å². The topological polar surface area (TPSA) is 49.6 Å². The number of likely N-dealkylation sites (N-methyl/N-ethyl adjacent to an activating group) is 1. The van der Waals surface area contributed by atoms with Crippen molar-refractivity contribution >= 4 is 5.91 Å². The van der Waals surface area contributed by atoms with Gasteiger partial charge in [0, 0.05) is 32.6 Å². The van der Waals surface area contributed by atoms with Crippen molar-refractivity contribution in [2.45, 2.75) is 40.0 Å². The van der Waals surface area contributed by atoms with Crippen molar-refractivity contribution in [1.82, 2.24) is 9.80 Å². The third-order valence-electron chi connectivity index (χ3n) is 4.38. The second-order valence-electron chi connectivity index (χ2n) is 5.94. The zero-order chi connectivity index (χ0) is 14.3. The van der Waals surface area contributed by atoms with Crippen LogP contribution in [0, 0.1) is 11.8 Å². The summed E-state index contributed by atoms with van der Waals surface area (Å²) in [6, 6.07) is 0. The van der Waals surface area contributed by atoms with Gasteiger partial charge in [-0.3, -0.25) is 4.79 Å². The molecule has 1 aliphatic heterocycles. The van der Waals surface area contributed by atoms with Gasteiger partial charge in [0.25, 0.3) is 0 Å². The van der Waals surface area contributed by atoms with E-state index in [1.807, 2.05) is 4.90 Å². The molecule has 0 aromatic rings. The molecule has 1 aliphatic rings. The van der Waals surface area contributed by atoms with E-state index in [0.29, 0.717) is 24.2 Å². The predicted molar refractivity (Wildman–Crippen MR) is 79.9 cm³/mol. The van der Waals surface area contributed by atoms with Crippen LogP contribution in [0.15, 0.2) is 0 Å². The zero-order valence-electron chi connectivity index (χ0n) is 12.9. The third kappa shape index (κ3) is 5.49. The van der Waals surface area contributed by atoms with Crippen LogP contribution in [-0.2, 0) is 4.79 Å². The van der Waals surface area contributed by atoms with Gasteiger partial charge < -0.3 is 15.5 Å². The molecule has 4 nitrogen and oxygen atoms in total. The van der Waals surface area contributed by atoms with Crippen molar-refractivity contribution < 1.29 is 4.79 Å². The van der Waals surface area contributed by atoms with Crippen LogP contribution in [0.1, 0.15) is 40.0 Å². The molecule has 0 aliphatic carbocycles. The molecule has 1 rings (SSSR count). The molecule has 0 spiro atoms. The van der Waals surface area contributed by atoms with Crippen molar-refractivity contribution in [3.63, 3.8) is 0 Å². The summed E-state index contributed by atoms with van der Waals surface area (Å²) in [7, 11) is 0. The molecule has 2 N–H and O–H groups in total. The van der Waals surface area contributed by atoms with Crippen LogP contribution >= 0.6 is 0 Å². The number of piperazine rings is 1. The molecule has 0 bridgehead atoms. The van der Waals surface area contributed by atoms with Gasteiger partial charge in [0.1, 0.15) is 0 Å². The molecule has 1 unspecified atom stereocenters. The van der Waals surface area contributed by atoms with Crippen LogP contribution in [0.5, 0.6) is 0 Å². The second kappa shape index (κ2) is 8.54. The van der Waals surface area contributed by atoms with Crippen LogP contribution in [-0.4, -0.2) is 55.0 Å². The van der Waals surface area contributed by atoms with Crippen molar-refractivity contribution in [2.75, 3.05) is 39.3 Å². The van der Waals surface area contributed by atoms with E-state index in [1.165, 1.54) is 0 Å². The lowest BCUT2D eigenvalue weighted by atomic mass is 9.88. The Balaban J connectivity index is 2.30. The standard InChI is InChI=1S/C15H31N3O/c1-4-17-9-11-18(12-10-17)15(19)6-5-14(7-8-16)13(2)3/h13-14H,4-12,16H2,1-3H3. The van der Waals surface area contributed by atoms with Gasteiger partial charge in [-0.05, 0) is 37.8 Å². The van der Waals surface area contributed by atoms with Gasteiger partial charge in [0.15, 0.2) is 0 Å². The summed E-state index contributed by atoms with van der Waals surface area (Å²) >= 11 is 0. The van der Waals surface area contributed by atoms with Crippen molar-refractivity contribution in [3.05, 3.63) is 0 Å². The summed E-state index contributed by atoms with van der Waals surface area (Å²) < 4.78 is 0. The van der Waals surface area contributed by atoms with Crippen LogP contribution in [0.3, 0.4) is 0 Å². The van der Waals surface area contributed by atoms with E-state index >= 15 is 0 Å². The van der Waals surface area contributed by atoms with E-state index in [2.05, 4.69) is 25.7 Å². The Labute approximate surface area is 118 Å². The maximum atomic E-state index is 12.2. The monoisotopic (exact) mass is 269 g/mol.